The SMILES string of the molecule is Cc1ccccc1[Si](Cl)(Cl)c1ccccc1C. The summed E-state index contributed by atoms with van der Waals surface area (Å²) in [7, 11) is 0. The van der Waals surface area contributed by atoms with Crippen LogP contribution in [0.15, 0.2) is 48.5 Å². The second-order valence-electron chi connectivity index (χ2n) is 4.20. The van der Waals surface area contributed by atoms with E-state index in [4.69, 9.17) is 22.2 Å². The van der Waals surface area contributed by atoms with E-state index in [-0.39, 0.29) is 0 Å². The van der Waals surface area contributed by atoms with Crippen LogP contribution in [0.2, 0.25) is 0 Å². The van der Waals surface area contributed by atoms with Gasteiger partial charge in [-0.2, -0.15) is 0 Å². The highest BCUT2D eigenvalue weighted by molar-refractivity contribution is 7.56. The summed E-state index contributed by atoms with van der Waals surface area (Å²) >= 11 is 13.4. The Bertz CT molecular complexity index is 488. The molecule has 0 unspecified atom stereocenters. The van der Waals surface area contributed by atoms with Gasteiger partial charge in [0.1, 0.15) is 0 Å². The summed E-state index contributed by atoms with van der Waals surface area (Å²) in [4.78, 5) is 0. The van der Waals surface area contributed by atoms with Crippen molar-refractivity contribution in [2.24, 2.45) is 0 Å². The van der Waals surface area contributed by atoms with Gasteiger partial charge in [-0.3, -0.25) is 0 Å². The van der Waals surface area contributed by atoms with E-state index in [9.17, 15) is 0 Å². The summed E-state index contributed by atoms with van der Waals surface area (Å²) in [6, 6.07) is 16.2. The molecule has 0 nitrogen and oxygen atoms in total. The van der Waals surface area contributed by atoms with Crippen LogP contribution in [-0.2, 0) is 0 Å². The van der Waals surface area contributed by atoms with Gasteiger partial charge in [0, 0.05) is 0 Å². The molecule has 0 aliphatic carbocycles. The molecule has 2 aromatic carbocycles. The molecule has 0 saturated heterocycles. The zero-order valence-corrected chi connectivity index (χ0v) is 12.4. The lowest BCUT2D eigenvalue weighted by atomic mass is 10.2. The van der Waals surface area contributed by atoms with Gasteiger partial charge >= 0.3 is 6.69 Å². The zero-order valence-electron chi connectivity index (χ0n) is 9.87. The fraction of sp³-hybridized carbons (Fsp3) is 0.143. The fourth-order valence-electron chi connectivity index (χ4n) is 2.00. The van der Waals surface area contributed by atoms with Crippen molar-refractivity contribution in [3.63, 3.8) is 0 Å². The topological polar surface area (TPSA) is 0 Å². The number of halogens is 2. The van der Waals surface area contributed by atoms with Crippen LogP contribution in [0.25, 0.3) is 0 Å². The van der Waals surface area contributed by atoms with Gasteiger partial charge in [-0.15, -0.1) is 22.2 Å². The first-order valence-electron chi connectivity index (χ1n) is 5.53. The van der Waals surface area contributed by atoms with Gasteiger partial charge in [-0.1, -0.05) is 48.5 Å². The predicted octanol–water partition coefficient (Wildman–Crippen LogP) is 3.34. The average Bonchev–Trinajstić information content (AvgIpc) is 2.29. The molecule has 2 rings (SSSR count). The summed E-state index contributed by atoms with van der Waals surface area (Å²) in [6.07, 6.45) is 0. The molecule has 0 aliphatic rings. The van der Waals surface area contributed by atoms with Crippen molar-refractivity contribution in [1.82, 2.24) is 0 Å². The highest BCUT2D eigenvalue weighted by Gasteiger charge is 2.35. The van der Waals surface area contributed by atoms with Crippen LogP contribution in [0.4, 0.5) is 0 Å². The fourth-order valence-corrected chi connectivity index (χ4v) is 6.60. The molecule has 0 spiro atoms. The third-order valence-corrected chi connectivity index (χ3v) is 7.88. The molecule has 88 valence electrons. The highest BCUT2D eigenvalue weighted by atomic mass is 35.7. The third-order valence-electron chi connectivity index (χ3n) is 2.97. The maximum absolute atomic E-state index is 6.70. The number of hydrogen-bond donors (Lipinski definition) is 0. The molecule has 0 saturated carbocycles. The largest absolute Gasteiger partial charge is 0.310 e. The van der Waals surface area contributed by atoms with E-state index in [0.29, 0.717) is 0 Å². The second-order valence-corrected chi connectivity index (χ2v) is 10.4. The summed E-state index contributed by atoms with van der Waals surface area (Å²) in [5.41, 5.74) is 2.32. The Hall–Kier alpha value is -0.763. The number of rotatable bonds is 2. The van der Waals surface area contributed by atoms with Crippen LogP contribution in [0.5, 0.6) is 0 Å². The van der Waals surface area contributed by atoms with Crippen molar-refractivity contribution in [2.75, 3.05) is 0 Å². The Labute approximate surface area is 113 Å². The van der Waals surface area contributed by atoms with Crippen molar-refractivity contribution in [1.29, 1.82) is 0 Å². The van der Waals surface area contributed by atoms with Crippen molar-refractivity contribution >= 4 is 39.2 Å². The molecular formula is C14H14Cl2Si. The monoisotopic (exact) mass is 280 g/mol. The molecule has 0 bridgehead atoms. The van der Waals surface area contributed by atoms with Gasteiger partial charge in [0.15, 0.2) is 0 Å². The molecule has 0 aromatic heterocycles. The smallest absolute Gasteiger partial charge is 0.134 e. The quantitative estimate of drug-likeness (QED) is 0.585. The van der Waals surface area contributed by atoms with Gasteiger partial charge < -0.3 is 0 Å². The molecular weight excluding hydrogens is 267 g/mol. The highest BCUT2D eigenvalue weighted by Crippen LogP contribution is 2.18. The standard InChI is InChI=1S/C14H14Cl2Si/c1-11-7-3-5-9-13(11)17(15,16)14-10-6-4-8-12(14)2/h3-10H,1-2H3. The predicted molar refractivity (Wildman–Crippen MR) is 79.1 cm³/mol. The Balaban J connectivity index is 2.58. The maximum atomic E-state index is 6.70. The zero-order chi connectivity index (χ0) is 12.5. The van der Waals surface area contributed by atoms with Crippen molar-refractivity contribution in [3.05, 3.63) is 59.7 Å². The lowest BCUT2D eigenvalue weighted by Gasteiger charge is -2.21. The molecule has 0 aliphatic heterocycles. The molecule has 0 N–H and O–H groups in total. The summed E-state index contributed by atoms with van der Waals surface area (Å²) in [6.45, 7) is 1.51. The minimum absolute atomic E-state index is 1.08. The molecule has 0 fully saturated rings. The summed E-state index contributed by atoms with van der Waals surface area (Å²) < 4.78 is 0. The molecule has 0 radical (unpaired) electrons. The van der Waals surface area contributed by atoms with Crippen LogP contribution < -0.4 is 10.4 Å². The Morgan fingerprint density at radius 3 is 1.41 bits per heavy atom. The van der Waals surface area contributed by atoms with Gasteiger partial charge in [0.2, 0.25) is 0 Å². The average molecular weight is 281 g/mol. The normalized spacial score (nSPS) is 11.5. The Morgan fingerprint density at radius 1 is 0.706 bits per heavy atom. The minimum atomic E-state index is -2.60. The van der Waals surface area contributed by atoms with Crippen molar-refractivity contribution in [2.45, 2.75) is 13.8 Å². The molecule has 17 heavy (non-hydrogen) atoms. The van der Waals surface area contributed by atoms with E-state index in [2.05, 4.69) is 26.0 Å². The molecule has 0 atom stereocenters. The minimum Gasteiger partial charge on any atom is -0.134 e. The maximum Gasteiger partial charge on any atom is 0.310 e. The summed E-state index contributed by atoms with van der Waals surface area (Å²) in [5.74, 6) is 0. The van der Waals surface area contributed by atoms with Crippen LogP contribution in [0.1, 0.15) is 11.1 Å². The lowest BCUT2D eigenvalue weighted by molar-refractivity contribution is 1.49. The second kappa shape index (κ2) is 4.85. The van der Waals surface area contributed by atoms with Crippen LogP contribution in [0, 0.1) is 13.8 Å². The Morgan fingerprint density at radius 2 is 1.06 bits per heavy atom. The van der Waals surface area contributed by atoms with E-state index in [1.165, 1.54) is 0 Å². The van der Waals surface area contributed by atoms with Gasteiger partial charge in [0.25, 0.3) is 0 Å². The van der Waals surface area contributed by atoms with Crippen LogP contribution in [-0.4, -0.2) is 6.69 Å². The molecule has 3 heteroatoms. The third kappa shape index (κ3) is 2.42. The van der Waals surface area contributed by atoms with E-state index in [1.807, 2.05) is 36.4 Å². The molecule has 2 aromatic rings. The van der Waals surface area contributed by atoms with E-state index in [1.54, 1.807) is 0 Å². The number of aryl methyl sites for hydroxylation is 2. The van der Waals surface area contributed by atoms with E-state index >= 15 is 0 Å². The Kier molecular flexibility index (Phi) is 3.62. The lowest BCUT2D eigenvalue weighted by Crippen LogP contribution is -2.50. The number of hydrogen-bond acceptors (Lipinski definition) is 0. The van der Waals surface area contributed by atoms with E-state index < -0.39 is 6.69 Å². The van der Waals surface area contributed by atoms with Gasteiger partial charge in [-0.05, 0) is 35.3 Å². The van der Waals surface area contributed by atoms with Gasteiger partial charge in [-0.25, -0.2) is 0 Å². The van der Waals surface area contributed by atoms with E-state index in [0.717, 1.165) is 21.5 Å². The summed E-state index contributed by atoms with van der Waals surface area (Å²) in [5, 5.41) is 2.16. The van der Waals surface area contributed by atoms with Crippen LogP contribution >= 0.6 is 22.2 Å². The van der Waals surface area contributed by atoms with Crippen LogP contribution in [0.3, 0.4) is 0 Å². The van der Waals surface area contributed by atoms with Gasteiger partial charge in [0.05, 0.1) is 0 Å². The molecule has 0 amide bonds. The first-order valence-corrected chi connectivity index (χ1v) is 9.56. The first-order chi connectivity index (χ1) is 8.03. The molecule has 0 heterocycles. The van der Waals surface area contributed by atoms with Crippen molar-refractivity contribution < 1.29 is 0 Å². The first kappa shape index (κ1) is 12.7. The number of benzene rings is 2. The van der Waals surface area contributed by atoms with Crippen molar-refractivity contribution in [3.8, 4) is 0 Å².